The maximum Gasteiger partial charge on any atom is 0.161 e. The van der Waals surface area contributed by atoms with E-state index in [9.17, 15) is 0 Å². The number of benzene rings is 1. The predicted molar refractivity (Wildman–Crippen MR) is 86.7 cm³/mol. The van der Waals surface area contributed by atoms with Crippen LogP contribution in [0.2, 0.25) is 0 Å². The van der Waals surface area contributed by atoms with Crippen molar-refractivity contribution >= 4 is 0 Å². The molecule has 3 rings (SSSR count). The zero-order chi connectivity index (χ0) is 15.6. The summed E-state index contributed by atoms with van der Waals surface area (Å²) in [5.41, 5.74) is -0.0221. The highest BCUT2D eigenvalue weighted by Gasteiger charge is 2.41. The second-order valence-electron chi connectivity index (χ2n) is 6.39. The van der Waals surface area contributed by atoms with Crippen molar-refractivity contribution in [2.45, 2.75) is 50.9 Å². The number of ether oxygens (including phenoxy) is 3. The van der Waals surface area contributed by atoms with Crippen LogP contribution in [0.5, 0.6) is 11.5 Å². The molecule has 1 fully saturated rings. The molecule has 0 saturated carbocycles. The third kappa shape index (κ3) is 2.82. The number of hydrogen-bond acceptors (Lipinski definition) is 4. The van der Waals surface area contributed by atoms with Crippen molar-refractivity contribution in [2.75, 3.05) is 26.8 Å². The number of piperidine rings is 1. The molecule has 0 aliphatic carbocycles. The van der Waals surface area contributed by atoms with Crippen LogP contribution in [-0.4, -0.2) is 49.5 Å². The molecule has 3 unspecified atom stereocenters. The van der Waals surface area contributed by atoms with Crippen molar-refractivity contribution in [1.82, 2.24) is 4.90 Å². The first kappa shape index (κ1) is 15.6. The Morgan fingerprint density at radius 1 is 1.32 bits per heavy atom. The van der Waals surface area contributed by atoms with Gasteiger partial charge in [-0.15, -0.1) is 0 Å². The standard InChI is InChI=1S/C18H27NO3/c1-4-18(20-3)10-7-11-19(14(18)2)12-15-13-21-16-8-5-6-9-17(16)22-15/h5-6,8-9,14-15H,4,7,10-13H2,1-3H3. The van der Waals surface area contributed by atoms with Crippen LogP contribution < -0.4 is 9.47 Å². The average molecular weight is 305 g/mol. The molecule has 3 atom stereocenters. The van der Waals surface area contributed by atoms with Crippen LogP contribution in [0.25, 0.3) is 0 Å². The number of nitrogens with zero attached hydrogens (tertiary/aromatic N) is 1. The molecule has 2 heterocycles. The molecule has 1 aromatic carbocycles. The Morgan fingerprint density at radius 2 is 2.09 bits per heavy atom. The van der Waals surface area contributed by atoms with Gasteiger partial charge in [-0.2, -0.15) is 0 Å². The Morgan fingerprint density at radius 3 is 2.82 bits per heavy atom. The van der Waals surface area contributed by atoms with Gasteiger partial charge in [-0.25, -0.2) is 0 Å². The second kappa shape index (κ2) is 6.47. The molecule has 122 valence electrons. The van der Waals surface area contributed by atoms with Crippen LogP contribution in [0.3, 0.4) is 0 Å². The lowest BCUT2D eigenvalue weighted by atomic mass is 9.82. The summed E-state index contributed by atoms with van der Waals surface area (Å²) in [4.78, 5) is 2.50. The maximum absolute atomic E-state index is 6.11. The zero-order valence-electron chi connectivity index (χ0n) is 13.9. The fraction of sp³-hybridized carbons (Fsp3) is 0.667. The van der Waals surface area contributed by atoms with Crippen molar-refractivity contribution in [2.24, 2.45) is 0 Å². The third-order valence-corrected chi connectivity index (χ3v) is 5.37. The van der Waals surface area contributed by atoms with Gasteiger partial charge in [0, 0.05) is 19.7 Å². The Kier molecular flexibility index (Phi) is 4.59. The Bertz CT molecular complexity index is 501. The van der Waals surface area contributed by atoms with Gasteiger partial charge in [-0.1, -0.05) is 19.1 Å². The lowest BCUT2D eigenvalue weighted by molar-refractivity contribution is -0.111. The third-order valence-electron chi connectivity index (χ3n) is 5.37. The highest BCUT2D eigenvalue weighted by molar-refractivity contribution is 5.40. The van der Waals surface area contributed by atoms with E-state index in [1.165, 1.54) is 6.42 Å². The largest absolute Gasteiger partial charge is 0.486 e. The molecule has 0 spiro atoms. The molecule has 0 aromatic heterocycles. The van der Waals surface area contributed by atoms with E-state index in [-0.39, 0.29) is 11.7 Å². The lowest BCUT2D eigenvalue weighted by Crippen LogP contribution is -2.58. The molecule has 2 aliphatic rings. The zero-order valence-corrected chi connectivity index (χ0v) is 13.9. The van der Waals surface area contributed by atoms with Crippen molar-refractivity contribution in [3.63, 3.8) is 0 Å². The van der Waals surface area contributed by atoms with E-state index < -0.39 is 0 Å². The summed E-state index contributed by atoms with van der Waals surface area (Å²) in [6.07, 6.45) is 3.45. The fourth-order valence-corrected chi connectivity index (χ4v) is 3.87. The van der Waals surface area contributed by atoms with Gasteiger partial charge in [0.1, 0.15) is 12.7 Å². The SMILES string of the molecule is CCC1(OC)CCCN(CC2COc3ccccc3O2)C1C. The van der Waals surface area contributed by atoms with Crippen molar-refractivity contribution in [3.05, 3.63) is 24.3 Å². The van der Waals surface area contributed by atoms with Crippen LogP contribution in [0.4, 0.5) is 0 Å². The predicted octanol–water partition coefficient (Wildman–Crippen LogP) is 3.11. The summed E-state index contributed by atoms with van der Waals surface area (Å²) >= 11 is 0. The van der Waals surface area contributed by atoms with Crippen molar-refractivity contribution in [3.8, 4) is 11.5 Å². The van der Waals surface area contributed by atoms with Crippen molar-refractivity contribution in [1.29, 1.82) is 0 Å². The van der Waals surface area contributed by atoms with E-state index in [0.717, 1.165) is 37.4 Å². The van der Waals surface area contributed by atoms with Gasteiger partial charge in [0.2, 0.25) is 0 Å². The Hall–Kier alpha value is -1.26. The minimum absolute atomic E-state index is 0.0221. The summed E-state index contributed by atoms with van der Waals surface area (Å²) < 4.78 is 17.8. The summed E-state index contributed by atoms with van der Waals surface area (Å²) in [7, 11) is 1.85. The van der Waals surface area contributed by atoms with E-state index >= 15 is 0 Å². The smallest absolute Gasteiger partial charge is 0.161 e. The quantitative estimate of drug-likeness (QED) is 0.855. The van der Waals surface area contributed by atoms with E-state index in [0.29, 0.717) is 12.6 Å². The molecule has 4 heteroatoms. The van der Waals surface area contributed by atoms with E-state index in [1.54, 1.807) is 0 Å². The minimum atomic E-state index is -0.0221. The van der Waals surface area contributed by atoms with Gasteiger partial charge in [0.15, 0.2) is 11.5 Å². The number of rotatable bonds is 4. The number of hydrogen-bond donors (Lipinski definition) is 0. The minimum Gasteiger partial charge on any atom is -0.486 e. The first-order valence-electron chi connectivity index (χ1n) is 8.36. The summed E-state index contributed by atoms with van der Waals surface area (Å²) in [5, 5.41) is 0. The van der Waals surface area contributed by atoms with Gasteiger partial charge in [-0.3, -0.25) is 4.90 Å². The van der Waals surface area contributed by atoms with Crippen LogP contribution in [0.15, 0.2) is 24.3 Å². The maximum atomic E-state index is 6.11. The Labute approximate surface area is 133 Å². The number of fused-ring (bicyclic) bond motifs is 1. The second-order valence-corrected chi connectivity index (χ2v) is 6.39. The van der Waals surface area contributed by atoms with Gasteiger partial charge >= 0.3 is 0 Å². The average Bonchev–Trinajstić information content (AvgIpc) is 2.57. The summed E-state index contributed by atoms with van der Waals surface area (Å²) in [5.74, 6) is 1.71. The van der Waals surface area contributed by atoms with Crippen LogP contribution in [-0.2, 0) is 4.74 Å². The van der Waals surface area contributed by atoms with Gasteiger partial charge in [0.25, 0.3) is 0 Å². The number of likely N-dealkylation sites (tertiary alicyclic amines) is 1. The van der Waals surface area contributed by atoms with Crippen molar-refractivity contribution < 1.29 is 14.2 Å². The molecule has 4 nitrogen and oxygen atoms in total. The van der Waals surface area contributed by atoms with Gasteiger partial charge in [0.05, 0.1) is 5.60 Å². The summed E-state index contributed by atoms with van der Waals surface area (Å²) in [6.45, 7) is 7.12. The van der Waals surface area contributed by atoms with Crippen LogP contribution >= 0.6 is 0 Å². The number of para-hydroxylation sites is 2. The van der Waals surface area contributed by atoms with Crippen LogP contribution in [0.1, 0.15) is 33.1 Å². The normalized spacial score (nSPS) is 32.0. The molecule has 0 bridgehead atoms. The molecule has 0 amide bonds. The first-order valence-corrected chi connectivity index (χ1v) is 8.36. The Balaban J connectivity index is 1.66. The molecule has 1 saturated heterocycles. The molecular weight excluding hydrogens is 278 g/mol. The topological polar surface area (TPSA) is 30.9 Å². The van der Waals surface area contributed by atoms with Gasteiger partial charge in [-0.05, 0) is 44.9 Å². The van der Waals surface area contributed by atoms with Gasteiger partial charge < -0.3 is 14.2 Å². The van der Waals surface area contributed by atoms with Crippen LogP contribution in [0, 0.1) is 0 Å². The van der Waals surface area contributed by atoms with E-state index in [1.807, 2.05) is 31.4 Å². The molecule has 2 aliphatic heterocycles. The highest BCUT2D eigenvalue weighted by atomic mass is 16.6. The molecular formula is C18H27NO3. The monoisotopic (exact) mass is 305 g/mol. The number of methoxy groups -OCH3 is 1. The fourth-order valence-electron chi connectivity index (χ4n) is 3.87. The molecule has 0 radical (unpaired) electrons. The van der Waals surface area contributed by atoms with E-state index in [4.69, 9.17) is 14.2 Å². The lowest BCUT2D eigenvalue weighted by Gasteiger charge is -2.48. The first-order chi connectivity index (χ1) is 10.7. The molecule has 22 heavy (non-hydrogen) atoms. The molecule has 1 aromatic rings. The highest BCUT2D eigenvalue weighted by Crippen LogP contribution is 2.35. The van der Waals surface area contributed by atoms with E-state index in [2.05, 4.69) is 18.7 Å². The summed E-state index contributed by atoms with van der Waals surface area (Å²) in [6, 6.07) is 8.30. The molecule has 0 N–H and O–H groups in total.